The molecular weight excluding hydrogens is 421 g/mol. The molecule has 0 spiro atoms. The van der Waals surface area contributed by atoms with Crippen LogP contribution >= 0.6 is 0 Å². The summed E-state index contributed by atoms with van der Waals surface area (Å²) in [6.07, 6.45) is 2.28. The van der Waals surface area contributed by atoms with Gasteiger partial charge in [0.05, 0.1) is 0 Å². The van der Waals surface area contributed by atoms with Gasteiger partial charge in [0.1, 0.15) is 11.4 Å². The molecule has 1 heterocycles. The molecule has 0 radical (unpaired) electrons. The van der Waals surface area contributed by atoms with Crippen LogP contribution in [0.5, 0.6) is 0 Å². The summed E-state index contributed by atoms with van der Waals surface area (Å²) in [7, 11) is 0. The lowest BCUT2D eigenvalue weighted by molar-refractivity contribution is -0.121. The maximum atomic E-state index is 13.4. The molecule has 2 aromatic carbocycles. The number of hydrogen-bond acceptors (Lipinski definition) is 4. The molecule has 1 aliphatic heterocycles. The van der Waals surface area contributed by atoms with E-state index in [9.17, 15) is 14.0 Å². The molecule has 0 unspecified atom stereocenters. The monoisotopic (exact) mass is 455 g/mol. The first-order valence-electron chi connectivity index (χ1n) is 11.4. The first-order chi connectivity index (χ1) is 15.7. The molecule has 7 heteroatoms. The van der Waals surface area contributed by atoms with Crippen molar-refractivity contribution in [2.24, 2.45) is 0 Å². The number of ether oxygens (including phenoxy) is 1. The molecule has 3 rings (SSSR count). The fourth-order valence-electron chi connectivity index (χ4n) is 4.02. The first kappa shape index (κ1) is 24.7. The Morgan fingerprint density at radius 3 is 2.39 bits per heavy atom. The zero-order chi connectivity index (χ0) is 23.8. The van der Waals surface area contributed by atoms with Crippen LogP contribution in [0.3, 0.4) is 0 Å². The van der Waals surface area contributed by atoms with Gasteiger partial charge < -0.3 is 15.0 Å². The zero-order valence-corrected chi connectivity index (χ0v) is 19.7. The van der Waals surface area contributed by atoms with Crippen molar-refractivity contribution >= 4 is 12.5 Å². The minimum Gasteiger partial charge on any atom is -0.444 e. The highest BCUT2D eigenvalue weighted by molar-refractivity contribution is 5.67. The summed E-state index contributed by atoms with van der Waals surface area (Å²) in [6, 6.07) is 14.8. The molecule has 0 atom stereocenters. The maximum absolute atomic E-state index is 13.4. The molecule has 0 saturated carbocycles. The summed E-state index contributed by atoms with van der Waals surface area (Å²) in [5.74, 6) is -0.207. The molecule has 0 bridgehead atoms. The van der Waals surface area contributed by atoms with Gasteiger partial charge in [0.2, 0.25) is 6.41 Å². The number of benzene rings is 2. The highest BCUT2D eigenvalue weighted by Gasteiger charge is 2.24. The van der Waals surface area contributed by atoms with E-state index in [0.717, 1.165) is 55.6 Å². The Morgan fingerprint density at radius 1 is 1.12 bits per heavy atom. The van der Waals surface area contributed by atoms with Crippen molar-refractivity contribution in [2.75, 3.05) is 13.1 Å². The fourth-order valence-corrected chi connectivity index (χ4v) is 4.02. The minimum atomic E-state index is -0.526. The van der Waals surface area contributed by atoms with E-state index in [4.69, 9.17) is 4.74 Å². The fraction of sp³-hybridized carbons (Fsp3) is 0.462. The van der Waals surface area contributed by atoms with Crippen LogP contribution in [0.4, 0.5) is 9.18 Å². The molecule has 2 amide bonds. The highest BCUT2D eigenvalue weighted by atomic mass is 19.1. The molecule has 178 valence electrons. The highest BCUT2D eigenvalue weighted by Crippen LogP contribution is 2.20. The minimum absolute atomic E-state index is 0.194. The van der Waals surface area contributed by atoms with Crippen molar-refractivity contribution in [3.05, 3.63) is 71.0 Å². The average molecular weight is 456 g/mol. The van der Waals surface area contributed by atoms with E-state index in [1.807, 2.05) is 56.0 Å². The number of nitrogens with one attached hydrogen (secondary N) is 1. The number of alkyl carbamates (subject to hydrolysis) is 1. The summed E-state index contributed by atoms with van der Waals surface area (Å²) in [5, 5.41) is 2.75. The Balaban J connectivity index is 1.46. The second-order valence-electron chi connectivity index (χ2n) is 9.59. The molecule has 2 aromatic rings. The molecule has 1 aliphatic rings. The molecule has 6 nitrogen and oxygen atoms in total. The van der Waals surface area contributed by atoms with Crippen LogP contribution in [0.15, 0.2) is 48.5 Å². The molecule has 33 heavy (non-hydrogen) atoms. The molecular formula is C26H34FN3O3. The summed E-state index contributed by atoms with van der Waals surface area (Å²) >= 11 is 0. The third-order valence-electron chi connectivity index (χ3n) is 5.68. The van der Waals surface area contributed by atoms with Gasteiger partial charge in [-0.25, -0.2) is 9.18 Å². The van der Waals surface area contributed by atoms with Gasteiger partial charge in [-0.05, 0) is 62.4 Å². The van der Waals surface area contributed by atoms with Gasteiger partial charge in [-0.15, -0.1) is 0 Å². The molecule has 1 saturated heterocycles. The van der Waals surface area contributed by atoms with E-state index in [2.05, 4.69) is 10.2 Å². The third kappa shape index (κ3) is 8.17. The number of nitrogens with zero attached hydrogens (tertiary/aromatic N) is 2. The molecule has 0 aliphatic carbocycles. The van der Waals surface area contributed by atoms with Crippen molar-refractivity contribution in [3.63, 3.8) is 0 Å². The number of likely N-dealkylation sites (tertiary alicyclic amines) is 1. The van der Waals surface area contributed by atoms with E-state index in [1.165, 1.54) is 6.07 Å². The number of amides is 2. The summed E-state index contributed by atoms with van der Waals surface area (Å²) in [5.41, 5.74) is 2.46. The zero-order valence-electron chi connectivity index (χ0n) is 19.7. The average Bonchev–Trinajstić information content (AvgIpc) is 2.76. The lowest BCUT2D eigenvalue weighted by Crippen LogP contribution is -2.43. The van der Waals surface area contributed by atoms with Crippen molar-refractivity contribution in [2.45, 2.75) is 64.9 Å². The quantitative estimate of drug-likeness (QED) is 0.597. The summed E-state index contributed by atoms with van der Waals surface area (Å²) in [4.78, 5) is 27.8. The van der Waals surface area contributed by atoms with Crippen LogP contribution in [-0.4, -0.2) is 47.0 Å². The number of rotatable bonds is 8. The van der Waals surface area contributed by atoms with Crippen LogP contribution in [0.25, 0.3) is 0 Å². The first-order valence-corrected chi connectivity index (χ1v) is 11.4. The van der Waals surface area contributed by atoms with E-state index in [-0.39, 0.29) is 11.9 Å². The van der Waals surface area contributed by atoms with Gasteiger partial charge in [-0.3, -0.25) is 9.69 Å². The lowest BCUT2D eigenvalue weighted by atomic mass is 10.0. The number of piperidine rings is 1. The Hall–Kier alpha value is -2.93. The smallest absolute Gasteiger partial charge is 0.407 e. The van der Waals surface area contributed by atoms with Gasteiger partial charge >= 0.3 is 6.09 Å². The Bertz CT molecular complexity index is 919. The summed E-state index contributed by atoms with van der Waals surface area (Å²) < 4.78 is 18.7. The SMILES string of the molecule is CC(C)(C)OC(=O)NCc1ccc(CN(C=O)C2CCN(Cc3cccc(F)c3)CC2)cc1. The standard InChI is InChI=1S/C26H34FN3O3/c1-26(2,3)33-25(32)28-16-20-7-9-21(10-8-20)18-30(19-31)24-11-13-29(14-12-24)17-22-5-4-6-23(27)15-22/h4-10,15,19,24H,11-14,16-18H2,1-3H3,(H,28,32). The van der Waals surface area contributed by atoms with Gasteiger partial charge in [0.15, 0.2) is 0 Å². The van der Waals surface area contributed by atoms with Crippen molar-refractivity contribution in [1.29, 1.82) is 0 Å². The van der Waals surface area contributed by atoms with Gasteiger partial charge in [-0.1, -0.05) is 36.4 Å². The Kier molecular flexibility index (Phi) is 8.44. The van der Waals surface area contributed by atoms with Crippen molar-refractivity contribution in [3.8, 4) is 0 Å². The predicted octanol–water partition coefficient (Wildman–Crippen LogP) is 4.47. The normalized spacial score (nSPS) is 15.2. The number of hydrogen-bond donors (Lipinski definition) is 1. The largest absolute Gasteiger partial charge is 0.444 e. The van der Waals surface area contributed by atoms with Gasteiger partial charge in [-0.2, -0.15) is 0 Å². The van der Waals surface area contributed by atoms with Crippen LogP contribution in [0.1, 0.15) is 50.3 Å². The second-order valence-corrected chi connectivity index (χ2v) is 9.59. The topological polar surface area (TPSA) is 61.9 Å². The van der Waals surface area contributed by atoms with Crippen LogP contribution < -0.4 is 5.32 Å². The lowest BCUT2D eigenvalue weighted by Gasteiger charge is -2.37. The van der Waals surface area contributed by atoms with Gasteiger partial charge in [0.25, 0.3) is 0 Å². The predicted molar refractivity (Wildman–Crippen MR) is 126 cm³/mol. The van der Waals surface area contributed by atoms with Crippen molar-refractivity contribution in [1.82, 2.24) is 15.1 Å². The molecule has 0 aromatic heterocycles. The second kappa shape index (κ2) is 11.3. The van der Waals surface area contributed by atoms with E-state index in [1.54, 1.807) is 12.1 Å². The Morgan fingerprint density at radius 2 is 1.79 bits per heavy atom. The van der Waals surface area contributed by atoms with E-state index >= 15 is 0 Å². The van der Waals surface area contributed by atoms with E-state index in [0.29, 0.717) is 13.1 Å². The Labute approximate surface area is 195 Å². The van der Waals surface area contributed by atoms with Crippen molar-refractivity contribution < 1.29 is 18.7 Å². The maximum Gasteiger partial charge on any atom is 0.407 e. The number of carbonyl (C=O) groups is 2. The van der Waals surface area contributed by atoms with Crippen LogP contribution in [-0.2, 0) is 29.2 Å². The summed E-state index contributed by atoms with van der Waals surface area (Å²) in [6.45, 7) is 8.90. The van der Waals surface area contributed by atoms with E-state index < -0.39 is 11.7 Å². The van der Waals surface area contributed by atoms with Crippen LogP contribution in [0.2, 0.25) is 0 Å². The number of halogens is 1. The molecule has 1 N–H and O–H groups in total. The molecule has 1 fully saturated rings. The number of carbonyl (C=O) groups excluding carboxylic acids is 2. The van der Waals surface area contributed by atoms with Gasteiger partial charge in [0, 0.05) is 38.8 Å². The van der Waals surface area contributed by atoms with Crippen LogP contribution in [0, 0.1) is 5.82 Å². The third-order valence-corrected chi connectivity index (χ3v) is 5.68.